The van der Waals surface area contributed by atoms with Crippen LogP contribution in [0.2, 0.25) is 0 Å². The predicted molar refractivity (Wildman–Crippen MR) is 122 cm³/mol. The van der Waals surface area contributed by atoms with Gasteiger partial charge in [0.1, 0.15) is 19.0 Å². The van der Waals surface area contributed by atoms with E-state index in [1.165, 1.54) is 46.0 Å². The van der Waals surface area contributed by atoms with E-state index >= 15 is 0 Å². The summed E-state index contributed by atoms with van der Waals surface area (Å²) < 4.78 is 11.0. The van der Waals surface area contributed by atoms with Crippen LogP contribution in [-0.2, 0) is 23.9 Å². The van der Waals surface area contributed by atoms with Crippen LogP contribution in [0.25, 0.3) is 0 Å². The van der Waals surface area contributed by atoms with E-state index in [-0.39, 0.29) is 22.8 Å². The highest BCUT2D eigenvalue weighted by Crippen LogP contribution is 2.69. The Labute approximate surface area is 193 Å². The molecule has 4 aliphatic carbocycles. The van der Waals surface area contributed by atoms with Crippen LogP contribution in [0.4, 0.5) is 0 Å². The Hall–Kier alpha value is -1.39. The standard InChI is InChI=1S/C27H42O5/c1-17(28)31-15-25(3,16-32-18(2)29)24-9-8-22-21-7-6-19-14-20(30)10-12-26(19,4)23(21)11-13-27(22,24)5/h19,21-24H,6-16H2,1-5H3/t19-,21+,22+,23+,24-,26+,27+/m1/s1. The van der Waals surface area contributed by atoms with Crippen molar-refractivity contribution >= 4 is 17.7 Å². The van der Waals surface area contributed by atoms with E-state index in [1.54, 1.807) is 0 Å². The Morgan fingerprint density at radius 3 is 2.16 bits per heavy atom. The van der Waals surface area contributed by atoms with Crippen molar-refractivity contribution in [2.24, 2.45) is 45.8 Å². The minimum atomic E-state index is -0.369. The molecule has 4 fully saturated rings. The zero-order valence-electron chi connectivity index (χ0n) is 20.7. The second-order valence-corrected chi connectivity index (χ2v) is 12.3. The highest BCUT2D eigenvalue weighted by atomic mass is 16.5. The second kappa shape index (κ2) is 8.43. The molecule has 0 bridgehead atoms. The maximum atomic E-state index is 12.2. The molecular formula is C27H42O5. The van der Waals surface area contributed by atoms with Crippen LogP contribution in [0, 0.1) is 45.8 Å². The molecule has 0 aliphatic heterocycles. The first kappa shape index (κ1) is 23.8. The Morgan fingerprint density at radius 1 is 0.906 bits per heavy atom. The summed E-state index contributed by atoms with van der Waals surface area (Å²) in [5.41, 5.74) is 0.116. The van der Waals surface area contributed by atoms with E-state index in [4.69, 9.17) is 9.47 Å². The third-order valence-corrected chi connectivity index (χ3v) is 10.5. The van der Waals surface area contributed by atoms with Crippen molar-refractivity contribution < 1.29 is 23.9 Å². The summed E-state index contributed by atoms with van der Waals surface area (Å²) in [6, 6.07) is 0. The third kappa shape index (κ3) is 3.92. The Bertz CT molecular complexity index is 756. The topological polar surface area (TPSA) is 69.7 Å². The van der Waals surface area contributed by atoms with Crippen LogP contribution < -0.4 is 0 Å². The molecule has 0 aromatic carbocycles. The highest BCUT2D eigenvalue weighted by Gasteiger charge is 2.62. The zero-order chi connectivity index (χ0) is 23.3. The number of hydrogen-bond donors (Lipinski definition) is 0. The van der Waals surface area contributed by atoms with Gasteiger partial charge in [0.05, 0.1) is 0 Å². The fourth-order valence-electron chi connectivity index (χ4n) is 8.97. The molecule has 4 rings (SSSR count). The first-order valence-corrected chi connectivity index (χ1v) is 12.8. The van der Waals surface area contributed by atoms with Crippen LogP contribution in [0.15, 0.2) is 0 Å². The number of fused-ring (bicyclic) bond motifs is 5. The molecule has 0 saturated heterocycles. The number of Topliss-reactive ketones (excluding diaryl/α,β-unsaturated/α-hetero) is 1. The molecule has 0 radical (unpaired) electrons. The number of carbonyl (C=O) groups is 3. The first-order valence-electron chi connectivity index (χ1n) is 12.8. The molecule has 0 aromatic rings. The van der Waals surface area contributed by atoms with E-state index < -0.39 is 0 Å². The second-order valence-electron chi connectivity index (χ2n) is 12.3. The third-order valence-electron chi connectivity index (χ3n) is 10.5. The number of esters is 2. The van der Waals surface area contributed by atoms with Crippen molar-refractivity contribution in [1.82, 2.24) is 0 Å². The lowest BCUT2D eigenvalue weighted by Gasteiger charge is -2.61. The SMILES string of the molecule is CC(=O)OCC(C)(COC(C)=O)[C@H]1CC[C@H]2[C@@H]3CC[C@@H]4CC(=O)CC[C@]4(C)[C@H]3CC[C@]12C. The molecule has 5 nitrogen and oxygen atoms in total. The van der Waals surface area contributed by atoms with Crippen LogP contribution in [0.1, 0.15) is 92.4 Å². The number of hydrogen-bond acceptors (Lipinski definition) is 5. The maximum absolute atomic E-state index is 12.2. The first-order chi connectivity index (χ1) is 15.0. The summed E-state index contributed by atoms with van der Waals surface area (Å²) in [5, 5.41) is 0. The smallest absolute Gasteiger partial charge is 0.302 e. The largest absolute Gasteiger partial charge is 0.465 e. The fraction of sp³-hybridized carbons (Fsp3) is 0.889. The Kier molecular flexibility index (Phi) is 6.26. The van der Waals surface area contributed by atoms with Gasteiger partial charge in [0.25, 0.3) is 0 Å². The van der Waals surface area contributed by atoms with Gasteiger partial charge in [-0.1, -0.05) is 20.8 Å². The summed E-state index contributed by atoms with van der Waals surface area (Å²) in [6.07, 6.45) is 9.79. The number of carbonyl (C=O) groups excluding carboxylic acids is 3. The molecule has 0 spiro atoms. The highest BCUT2D eigenvalue weighted by molar-refractivity contribution is 5.79. The lowest BCUT2D eigenvalue weighted by Crippen LogP contribution is -2.55. The molecular weight excluding hydrogens is 404 g/mol. The van der Waals surface area contributed by atoms with Gasteiger partial charge in [0.2, 0.25) is 0 Å². The number of rotatable bonds is 5. The quantitative estimate of drug-likeness (QED) is 0.533. The molecule has 32 heavy (non-hydrogen) atoms. The number of ether oxygens (including phenoxy) is 2. The number of ketones is 1. The predicted octanol–water partition coefficient (Wildman–Crippen LogP) is 5.35. The molecule has 4 saturated carbocycles. The van der Waals surface area contributed by atoms with E-state index in [0.717, 1.165) is 37.5 Å². The van der Waals surface area contributed by atoms with E-state index in [9.17, 15) is 14.4 Å². The van der Waals surface area contributed by atoms with Crippen LogP contribution >= 0.6 is 0 Å². The molecule has 5 heteroatoms. The van der Waals surface area contributed by atoms with Gasteiger partial charge in [-0.2, -0.15) is 0 Å². The van der Waals surface area contributed by atoms with Crippen LogP contribution in [-0.4, -0.2) is 30.9 Å². The molecule has 0 N–H and O–H groups in total. The summed E-state index contributed by atoms with van der Waals surface area (Å²) in [4.78, 5) is 35.4. The molecule has 7 atom stereocenters. The monoisotopic (exact) mass is 446 g/mol. The van der Waals surface area contributed by atoms with Crippen molar-refractivity contribution in [3.05, 3.63) is 0 Å². The van der Waals surface area contributed by atoms with Crippen LogP contribution in [0.5, 0.6) is 0 Å². The molecule has 0 unspecified atom stereocenters. The van der Waals surface area contributed by atoms with E-state index in [1.807, 2.05) is 0 Å². The minimum absolute atomic E-state index is 0.171. The Morgan fingerprint density at radius 2 is 1.53 bits per heavy atom. The fourth-order valence-corrected chi connectivity index (χ4v) is 8.97. The molecule has 0 heterocycles. The van der Waals surface area contributed by atoms with Crippen molar-refractivity contribution in [2.45, 2.75) is 92.4 Å². The molecule has 180 valence electrons. The molecule has 4 aliphatic rings. The van der Waals surface area contributed by atoms with Gasteiger partial charge in [-0.15, -0.1) is 0 Å². The van der Waals surface area contributed by atoms with Crippen LogP contribution in [0.3, 0.4) is 0 Å². The average molecular weight is 447 g/mol. The maximum Gasteiger partial charge on any atom is 0.302 e. The lowest BCUT2D eigenvalue weighted by molar-refractivity contribution is -0.162. The van der Waals surface area contributed by atoms with Crippen molar-refractivity contribution in [3.63, 3.8) is 0 Å². The zero-order valence-corrected chi connectivity index (χ0v) is 20.7. The minimum Gasteiger partial charge on any atom is -0.465 e. The van der Waals surface area contributed by atoms with E-state index in [0.29, 0.717) is 42.2 Å². The normalized spacial score (nSPS) is 41.3. The van der Waals surface area contributed by atoms with Gasteiger partial charge < -0.3 is 9.47 Å². The van der Waals surface area contributed by atoms with Crippen molar-refractivity contribution in [1.29, 1.82) is 0 Å². The van der Waals surface area contributed by atoms with E-state index in [2.05, 4.69) is 20.8 Å². The summed E-state index contributed by atoms with van der Waals surface area (Å²) in [7, 11) is 0. The molecule has 0 amide bonds. The van der Waals surface area contributed by atoms with Gasteiger partial charge in [0.15, 0.2) is 0 Å². The van der Waals surface area contributed by atoms with Gasteiger partial charge in [-0.25, -0.2) is 0 Å². The average Bonchev–Trinajstić information content (AvgIpc) is 3.09. The van der Waals surface area contributed by atoms with Crippen molar-refractivity contribution in [3.8, 4) is 0 Å². The summed E-state index contributed by atoms with van der Waals surface area (Å²) in [5.74, 6) is 2.96. The Balaban J connectivity index is 1.58. The van der Waals surface area contributed by atoms with Gasteiger partial charge in [0, 0.05) is 32.1 Å². The van der Waals surface area contributed by atoms with Gasteiger partial charge in [-0.05, 0) is 85.4 Å². The van der Waals surface area contributed by atoms with Gasteiger partial charge in [-0.3, -0.25) is 14.4 Å². The molecule has 0 aromatic heterocycles. The van der Waals surface area contributed by atoms with Crippen molar-refractivity contribution in [2.75, 3.05) is 13.2 Å². The summed E-state index contributed by atoms with van der Waals surface area (Å²) >= 11 is 0. The lowest BCUT2D eigenvalue weighted by atomic mass is 9.44. The van der Waals surface area contributed by atoms with Gasteiger partial charge >= 0.3 is 11.9 Å². The summed E-state index contributed by atoms with van der Waals surface area (Å²) in [6.45, 7) is 10.6.